The minimum absolute atomic E-state index is 0.170. The number of hydrogen-bond acceptors (Lipinski definition) is 5. The third-order valence-corrected chi connectivity index (χ3v) is 2.36. The topological polar surface area (TPSA) is 102 Å². The van der Waals surface area contributed by atoms with Crippen molar-refractivity contribution in [3.05, 3.63) is 30.3 Å². The Morgan fingerprint density at radius 1 is 1.25 bits per heavy atom. The van der Waals surface area contributed by atoms with Crippen molar-refractivity contribution in [3.8, 4) is 11.4 Å². The molecule has 0 fully saturated rings. The standard InChI is InChI=1S/C12H14N6O2/c1-2-13-12(20)14-10(19)8-18-16-11(15-17-18)9-6-4-3-5-7-9/h3-7H,2,8H2,1H3,(H2,13,14,19,20). The molecule has 0 aliphatic heterocycles. The Morgan fingerprint density at radius 3 is 2.70 bits per heavy atom. The first-order valence-electron chi connectivity index (χ1n) is 6.10. The molecule has 0 aliphatic rings. The second kappa shape index (κ2) is 6.41. The normalized spacial score (nSPS) is 10.1. The number of urea groups is 1. The summed E-state index contributed by atoms with van der Waals surface area (Å²) in [6.07, 6.45) is 0. The lowest BCUT2D eigenvalue weighted by Crippen LogP contribution is -2.41. The molecule has 0 bridgehead atoms. The Morgan fingerprint density at radius 2 is 2.00 bits per heavy atom. The van der Waals surface area contributed by atoms with Crippen LogP contribution in [0.4, 0.5) is 4.79 Å². The van der Waals surface area contributed by atoms with Gasteiger partial charge in [0, 0.05) is 12.1 Å². The molecular weight excluding hydrogens is 260 g/mol. The molecule has 8 nitrogen and oxygen atoms in total. The van der Waals surface area contributed by atoms with Gasteiger partial charge in [-0.15, -0.1) is 10.2 Å². The molecule has 0 radical (unpaired) electrons. The van der Waals surface area contributed by atoms with Gasteiger partial charge in [-0.2, -0.15) is 4.80 Å². The van der Waals surface area contributed by atoms with Gasteiger partial charge < -0.3 is 5.32 Å². The number of nitrogens with one attached hydrogen (secondary N) is 2. The SMILES string of the molecule is CCNC(=O)NC(=O)Cn1nnc(-c2ccccc2)n1. The van der Waals surface area contributed by atoms with E-state index in [0.717, 1.165) is 10.4 Å². The van der Waals surface area contributed by atoms with E-state index in [2.05, 4.69) is 26.0 Å². The van der Waals surface area contributed by atoms with E-state index in [1.165, 1.54) is 0 Å². The van der Waals surface area contributed by atoms with Crippen molar-refractivity contribution in [2.24, 2.45) is 0 Å². The van der Waals surface area contributed by atoms with Gasteiger partial charge in [0.25, 0.3) is 5.91 Å². The van der Waals surface area contributed by atoms with Crippen LogP contribution in [0.3, 0.4) is 0 Å². The highest BCUT2D eigenvalue weighted by Crippen LogP contribution is 2.11. The Bertz CT molecular complexity index is 595. The van der Waals surface area contributed by atoms with Crippen molar-refractivity contribution in [1.82, 2.24) is 30.8 Å². The fourth-order valence-corrected chi connectivity index (χ4v) is 1.51. The molecule has 0 spiro atoms. The van der Waals surface area contributed by atoms with Gasteiger partial charge in [-0.05, 0) is 12.1 Å². The number of carbonyl (C=O) groups is 2. The van der Waals surface area contributed by atoms with Crippen molar-refractivity contribution >= 4 is 11.9 Å². The highest BCUT2D eigenvalue weighted by atomic mass is 16.2. The van der Waals surface area contributed by atoms with Crippen molar-refractivity contribution in [2.75, 3.05) is 6.54 Å². The van der Waals surface area contributed by atoms with E-state index >= 15 is 0 Å². The minimum Gasteiger partial charge on any atom is -0.338 e. The average Bonchev–Trinajstić information content (AvgIpc) is 2.88. The van der Waals surface area contributed by atoms with Gasteiger partial charge in [-0.1, -0.05) is 30.3 Å². The van der Waals surface area contributed by atoms with Crippen LogP contribution in [-0.2, 0) is 11.3 Å². The van der Waals surface area contributed by atoms with Crippen LogP contribution >= 0.6 is 0 Å². The smallest absolute Gasteiger partial charge is 0.321 e. The molecule has 2 aromatic rings. The predicted octanol–water partition coefficient (Wildman–Crippen LogP) is 0.186. The number of carbonyl (C=O) groups excluding carboxylic acids is 2. The van der Waals surface area contributed by atoms with Crippen molar-refractivity contribution in [3.63, 3.8) is 0 Å². The number of tetrazole rings is 1. The summed E-state index contributed by atoms with van der Waals surface area (Å²) >= 11 is 0. The molecule has 0 unspecified atom stereocenters. The summed E-state index contributed by atoms with van der Waals surface area (Å²) in [5, 5.41) is 16.3. The second-order valence-corrected chi connectivity index (χ2v) is 3.92. The van der Waals surface area contributed by atoms with Crippen LogP contribution in [0.25, 0.3) is 11.4 Å². The fourth-order valence-electron chi connectivity index (χ4n) is 1.51. The highest BCUT2D eigenvalue weighted by Gasteiger charge is 2.11. The molecule has 1 aromatic carbocycles. The van der Waals surface area contributed by atoms with Crippen molar-refractivity contribution in [2.45, 2.75) is 13.5 Å². The van der Waals surface area contributed by atoms with Gasteiger partial charge in [0.15, 0.2) is 0 Å². The lowest BCUT2D eigenvalue weighted by Gasteiger charge is -2.03. The third kappa shape index (κ3) is 3.61. The van der Waals surface area contributed by atoms with Crippen LogP contribution < -0.4 is 10.6 Å². The zero-order chi connectivity index (χ0) is 14.4. The van der Waals surface area contributed by atoms with E-state index in [0.29, 0.717) is 12.4 Å². The summed E-state index contributed by atoms with van der Waals surface area (Å²) in [7, 11) is 0. The van der Waals surface area contributed by atoms with E-state index in [1.54, 1.807) is 6.92 Å². The van der Waals surface area contributed by atoms with Crippen LogP contribution in [0, 0.1) is 0 Å². The fraction of sp³-hybridized carbons (Fsp3) is 0.250. The van der Waals surface area contributed by atoms with Crippen LogP contribution in [0.15, 0.2) is 30.3 Å². The third-order valence-electron chi connectivity index (χ3n) is 2.36. The molecule has 2 N–H and O–H groups in total. The van der Waals surface area contributed by atoms with E-state index in [-0.39, 0.29) is 6.54 Å². The van der Waals surface area contributed by atoms with Gasteiger partial charge in [0.1, 0.15) is 6.54 Å². The van der Waals surface area contributed by atoms with Gasteiger partial charge in [-0.25, -0.2) is 4.79 Å². The average molecular weight is 274 g/mol. The number of imide groups is 1. The number of nitrogens with zero attached hydrogens (tertiary/aromatic N) is 4. The molecule has 0 saturated carbocycles. The highest BCUT2D eigenvalue weighted by molar-refractivity contribution is 5.94. The first kappa shape index (κ1) is 13.7. The monoisotopic (exact) mass is 274 g/mol. The Kier molecular flexibility index (Phi) is 4.38. The lowest BCUT2D eigenvalue weighted by atomic mass is 10.2. The summed E-state index contributed by atoms with van der Waals surface area (Å²) in [6, 6.07) is 8.75. The van der Waals surface area contributed by atoms with Gasteiger partial charge in [-0.3, -0.25) is 10.1 Å². The molecule has 2 rings (SSSR count). The molecule has 1 heterocycles. The second-order valence-electron chi connectivity index (χ2n) is 3.92. The van der Waals surface area contributed by atoms with Crippen LogP contribution in [0.1, 0.15) is 6.92 Å². The molecule has 0 saturated heterocycles. The number of rotatable bonds is 4. The minimum atomic E-state index is -0.541. The summed E-state index contributed by atoms with van der Waals surface area (Å²) in [6.45, 7) is 2.03. The van der Waals surface area contributed by atoms with Gasteiger partial charge in [0.2, 0.25) is 5.82 Å². The van der Waals surface area contributed by atoms with Crippen LogP contribution in [0.5, 0.6) is 0 Å². The Balaban J connectivity index is 1.96. The van der Waals surface area contributed by atoms with E-state index in [1.807, 2.05) is 30.3 Å². The molecule has 104 valence electrons. The molecule has 1 aromatic heterocycles. The molecule has 20 heavy (non-hydrogen) atoms. The van der Waals surface area contributed by atoms with Crippen LogP contribution in [0.2, 0.25) is 0 Å². The number of benzene rings is 1. The maximum atomic E-state index is 11.5. The quantitative estimate of drug-likeness (QED) is 0.828. The zero-order valence-corrected chi connectivity index (χ0v) is 10.9. The molecule has 0 atom stereocenters. The van der Waals surface area contributed by atoms with E-state index in [9.17, 15) is 9.59 Å². The predicted molar refractivity (Wildman–Crippen MR) is 70.5 cm³/mol. The summed E-state index contributed by atoms with van der Waals surface area (Å²) in [5.74, 6) is -0.0793. The molecule has 0 aliphatic carbocycles. The maximum Gasteiger partial charge on any atom is 0.321 e. The maximum absolute atomic E-state index is 11.5. The molecule has 8 heteroatoms. The first-order chi connectivity index (χ1) is 9.69. The Labute approximate surface area is 115 Å². The molecule has 3 amide bonds. The first-order valence-corrected chi connectivity index (χ1v) is 6.10. The summed E-state index contributed by atoms with van der Waals surface area (Å²) in [4.78, 5) is 23.8. The van der Waals surface area contributed by atoms with Crippen molar-refractivity contribution in [1.29, 1.82) is 0 Å². The van der Waals surface area contributed by atoms with Crippen LogP contribution in [-0.4, -0.2) is 38.7 Å². The zero-order valence-electron chi connectivity index (χ0n) is 10.9. The van der Waals surface area contributed by atoms with Crippen molar-refractivity contribution < 1.29 is 9.59 Å². The van der Waals surface area contributed by atoms with Gasteiger partial charge >= 0.3 is 6.03 Å². The number of aromatic nitrogens is 4. The molecular formula is C12H14N6O2. The van der Waals surface area contributed by atoms with E-state index < -0.39 is 11.9 Å². The Hall–Kier alpha value is -2.77. The number of hydrogen-bond donors (Lipinski definition) is 2. The van der Waals surface area contributed by atoms with Gasteiger partial charge in [0.05, 0.1) is 0 Å². The number of amides is 3. The lowest BCUT2D eigenvalue weighted by molar-refractivity contribution is -0.121. The van der Waals surface area contributed by atoms with E-state index in [4.69, 9.17) is 0 Å². The summed E-state index contributed by atoms with van der Waals surface area (Å²) < 4.78 is 0. The summed E-state index contributed by atoms with van der Waals surface area (Å²) in [5.41, 5.74) is 0.808. The largest absolute Gasteiger partial charge is 0.338 e.